The number of nitrogens with zero attached hydrogens (tertiary/aromatic N) is 2. The summed E-state index contributed by atoms with van der Waals surface area (Å²) in [5.41, 5.74) is -1.84. The molecule has 1 unspecified atom stereocenters. The fraction of sp³-hybridized carbons (Fsp3) is 0.0769. The van der Waals surface area contributed by atoms with Gasteiger partial charge in [-0.25, -0.2) is 0 Å². The number of benzene rings is 3. The molecule has 1 aliphatic heterocycles. The molecule has 1 heterocycles. The molecule has 36 heavy (non-hydrogen) atoms. The molecule has 3 aromatic carbocycles. The van der Waals surface area contributed by atoms with Gasteiger partial charge in [0.15, 0.2) is 11.5 Å². The van der Waals surface area contributed by atoms with Crippen LogP contribution in [0.5, 0.6) is 0 Å². The highest BCUT2D eigenvalue weighted by atomic mass is 19.4. The molecule has 1 N–H and O–H groups in total. The Kier molecular flexibility index (Phi) is 6.43. The van der Waals surface area contributed by atoms with Crippen molar-refractivity contribution in [3.8, 4) is 0 Å². The summed E-state index contributed by atoms with van der Waals surface area (Å²) in [7, 11) is 0. The maximum absolute atomic E-state index is 13.4. The zero-order valence-corrected chi connectivity index (χ0v) is 18.3. The van der Waals surface area contributed by atoms with E-state index in [4.69, 9.17) is 0 Å². The van der Waals surface area contributed by atoms with E-state index >= 15 is 0 Å². The lowest BCUT2D eigenvalue weighted by Gasteiger charge is -2.27. The maximum atomic E-state index is 13.4. The van der Waals surface area contributed by atoms with Crippen molar-refractivity contribution in [2.24, 2.45) is 0 Å². The first-order valence-corrected chi connectivity index (χ1v) is 10.5. The predicted molar refractivity (Wildman–Crippen MR) is 125 cm³/mol. The molecular formula is C26H17F3N2O5. The van der Waals surface area contributed by atoms with Crippen LogP contribution in [-0.2, 0) is 15.8 Å². The molecule has 1 amide bonds. The van der Waals surface area contributed by atoms with Gasteiger partial charge < -0.3 is 5.11 Å². The fourth-order valence-corrected chi connectivity index (χ4v) is 3.96. The van der Waals surface area contributed by atoms with Gasteiger partial charge in [-0.15, -0.1) is 0 Å². The highest BCUT2D eigenvalue weighted by Crippen LogP contribution is 2.44. The Morgan fingerprint density at radius 1 is 1.00 bits per heavy atom. The SMILES string of the molecule is O=C(/C=C\c1ccccc1)C1=C(O)C(=O)N(c2cccc(C(F)(F)F)c2)C1c1ccccc1[N+](=O)[O-]. The highest BCUT2D eigenvalue weighted by molar-refractivity contribution is 6.20. The molecule has 1 atom stereocenters. The molecule has 4 rings (SSSR count). The highest BCUT2D eigenvalue weighted by Gasteiger charge is 2.46. The number of alkyl halides is 3. The van der Waals surface area contributed by atoms with Gasteiger partial charge in [0.1, 0.15) is 6.04 Å². The first-order valence-electron chi connectivity index (χ1n) is 10.5. The van der Waals surface area contributed by atoms with Crippen LogP contribution in [-0.4, -0.2) is 21.7 Å². The minimum Gasteiger partial charge on any atom is -0.503 e. The van der Waals surface area contributed by atoms with E-state index in [0.717, 1.165) is 29.2 Å². The van der Waals surface area contributed by atoms with Crippen molar-refractivity contribution in [3.63, 3.8) is 0 Å². The minimum atomic E-state index is -4.74. The van der Waals surface area contributed by atoms with E-state index in [2.05, 4.69) is 0 Å². The van der Waals surface area contributed by atoms with Crippen LogP contribution >= 0.6 is 0 Å². The molecule has 1 aliphatic rings. The van der Waals surface area contributed by atoms with Crippen molar-refractivity contribution in [3.05, 3.63) is 123 Å². The number of hydrogen-bond donors (Lipinski definition) is 1. The van der Waals surface area contributed by atoms with Crippen molar-refractivity contribution >= 4 is 29.1 Å². The minimum absolute atomic E-state index is 0.145. The molecule has 0 spiro atoms. The number of carbonyl (C=O) groups excluding carboxylic acids is 2. The van der Waals surface area contributed by atoms with E-state index in [1.165, 1.54) is 30.3 Å². The maximum Gasteiger partial charge on any atom is 0.416 e. The number of amides is 1. The number of nitro groups is 1. The normalized spacial score (nSPS) is 16.1. The number of aliphatic hydroxyl groups excluding tert-OH is 1. The standard InChI is InChI=1S/C26H17F3N2O5/c27-26(28,29)17-9-6-10-18(15-17)30-23(19-11-4-5-12-20(19)31(35)36)22(24(33)25(30)34)21(32)14-13-16-7-2-1-3-8-16/h1-15,23,33H/b14-13-. The Hall–Kier alpha value is -4.73. The number of rotatable bonds is 6. The van der Waals surface area contributed by atoms with Crippen molar-refractivity contribution in [1.29, 1.82) is 0 Å². The number of aliphatic hydroxyl groups is 1. The van der Waals surface area contributed by atoms with Crippen LogP contribution in [0.4, 0.5) is 24.5 Å². The largest absolute Gasteiger partial charge is 0.503 e. The third kappa shape index (κ3) is 4.61. The molecule has 0 aromatic heterocycles. The molecule has 0 bridgehead atoms. The van der Waals surface area contributed by atoms with Crippen molar-refractivity contribution in [1.82, 2.24) is 0 Å². The van der Waals surface area contributed by atoms with Crippen molar-refractivity contribution in [2.45, 2.75) is 12.2 Å². The van der Waals surface area contributed by atoms with E-state index < -0.39 is 51.4 Å². The van der Waals surface area contributed by atoms with Gasteiger partial charge in [0, 0.05) is 11.8 Å². The van der Waals surface area contributed by atoms with Crippen LogP contribution in [0.2, 0.25) is 0 Å². The topological polar surface area (TPSA) is 101 Å². The van der Waals surface area contributed by atoms with Gasteiger partial charge in [0.25, 0.3) is 11.6 Å². The van der Waals surface area contributed by atoms with Crippen LogP contribution in [0.15, 0.2) is 96.3 Å². The number of allylic oxidation sites excluding steroid dienone is 1. The Balaban J connectivity index is 1.88. The molecule has 0 fully saturated rings. The smallest absolute Gasteiger partial charge is 0.416 e. The molecule has 0 aliphatic carbocycles. The van der Waals surface area contributed by atoms with Gasteiger partial charge >= 0.3 is 6.18 Å². The first-order chi connectivity index (χ1) is 17.1. The number of ketones is 1. The van der Waals surface area contributed by atoms with E-state index in [-0.39, 0.29) is 11.3 Å². The van der Waals surface area contributed by atoms with Crippen molar-refractivity contribution < 1.29 is 32.8 Å². The molecule has 7 nitrogen and oxygen atoms in total. The summed E-state index contributed by atoms with van der Waals surface area (Å²) >= 11 is 0. The van der Waals surface area contributed by atoms with E-state index in [1.54, 1.807) is 30.3 Å². The quantitative estimate of drug-likeness (QED) is 0.265. The molecule has 3 aromatic rings. The molecule has 0 saturated heterocycles. The Morgan fingerprint density at radius 3 is 2.33 bits per heavy atom. The van der Waals surface area contributed by atoms with Gasteiger partial charge in [0.2, 0.25) is 0 Å². The third-order valence-electron chi connectivity index (χ3n) is 5.58. The Bertz CT molecular complexity index is 1410. The Morgan fingerprint density at radius 2 is 1.67 bits per heavy atom. The average molecular weight is 494 g/mol. The Labute approximate surface area is 202 Å². The summed E-state index contributed by atoms with van der Waals surface area (Å²) in [5, 5.41) is 22.4. The molecule has 182 valence electrons. The lowest BCUT2D eigenvalue weighted by Crippen LogP contribution is -2.31. The molecule has 0 saturated carbocycles. The second-order valence-corrected chi connectivity index (χ2v) is 7.81. The number of carbonyl (C=O) groups is 2. The lowest BCUT2D eigenvalue weighted by atomic mass is 9.94. The lowest BCUT2D eigenvalue weighted by molar-refractivity contribution is -0.385. The summed E-state index contributed by atoms with van der Waals surface area (Å²) < 4.78 is 40.1. The number of para-hydroxylation sites is 1. The van der Waals surface area contributed by atoms with Gasteiger partial charge in [-0.3, -0.25) is 24.6 Å². The summed E-state index contributed by atoms with van der Waals surface area (Å²) in [6, 6.07) is 16.0. The molecule has 0 radical (unpaired) electrons. The van der Waals surface area contributed by atoms with Crippen LogP contribution in [0.1, 0.15) is 22.7 Å². The van der Waals surface area contributed by atoms with Gasteiger partial charge in [0.05, 0.1) is 21.6 Å². The second kappa shape index (κ2) is 9.49. The second-order valence-electron chi connectivity index (χ2n) is 7.81. The monoisotopic (exact) mass is 494 g/mol. The first kappa shape index (κ1) is 24.4. The van der Waals surface area contributed by atoms with Gasteiger partial charge in [-0.1, -0.05) is 54.6 Å². The van der Waals surface area contributed by atoms with Crippen molar-refractivity contribution in [2.75, 3.05) is 4.90 Å². The summed E-state index contributed by atoms with van der Waals surface area (Å²) in [4.78, 5) is 38.1. The van der Waals surface area contributed by atoms with Gasteiger partial charge in [-0.05, 0) is 35.9 Å². The summed E-state index contributed by atoms with van der Waals surface area (Å²) in [6.45, 7) is 0. The fourth-order valence-electron chi connectivity index (χ4n) is 3.96. The third-order valence-corrected chi connectivity index (χ3v) is 5.58. The summed E-state index contributed by atoms with van der Waals surface area (Å²) in [5.74, 6) is -2.99. The van der Waals surface area contributed by atoms with Gasteiger partial charge in [-0.2, -0.15) is 13.2 Å². The number of nitro benzene ring substituents is 1. The summed E-state index contributed by atoms with van der Waals surface area (Å²) in [6.07, 6.45) is -2.22. The van der Waals surface area contributed by atoms with E-state index in [9.17, 15) is 38.0 Å². The van der Waals surface area contributed by atoms with E-state index in [1.807, 2.05) is 0 Å². The number of halogens is 3. The number of hydrogen-bond acceptors (Lipinski definition) is 5. The molecule has 10 heteroatoms. The van der Waals surface area contributed by atoms with E-state index in [0.29, 0.717) is 11.6 Å². The van der Waals surface area contributed by atoms with Crippen LogP contribution in [0.25, 0.3) is 6.08 Å². The van der Waals surface area contributed by atoms with Crippen LogP contribution in [0.3, 0.4) is 0 Å². The van der Waals surface area contributed by atoms with Crippen LogP contribution in [0, 0.1) is 10.1 Å². The molecular weight excluding hydrogens is 477 g/mol. The average Bonchev–Trinajstić information content (AvgIpc) is 3.13. The number of anilines is 1. The predicted octanol–water partition coefficient (Wildman–Crippen LogP) is 5.80. The zero-order valence-electron chi connectivity index (χ0n) is 18.3. The van der Waals surface area contributed by atoms with Crippen LogP contribution < -0.4 is 4.90 Å². The zero-order chi connectivity index (χ0) is 26.0.